The zero-order valence-corrected chi connectivity index (χ0v) is 15.7. The summed E-state index contributed by atoms with van der Waals surface area (Å²) < 4.78 is 7.65. The summed E-state index contributed by atoms with van der Waals surface area (Å²) in [6.45, 7) is 5.37. The maximum Gasteiger partial charge on any atom is 0.197 e. The zero-order valence-electron chi connectivity index (χ0n) is 15.7. The molecule has 4 aromatic rings. The van der Waals surface area contributed by atoms with Gasteiger partial charge in [0.25, 0.3) is 0 Å². The van der Waals surface area contributed by atoms with E-state index in [-0.39, 0.29) is 5.78 Å². The third-order valence-electron chi connectivity index (χ3n) is 5.63. The Kier molecular flexibility index (Phi) is 4.47. The number of nitrogens with zero attached hydrogens (tertiary/aromatic N) is 2. The van der Waals surface area contributed by atoms with Crippen molar-refractivity contribution in [3.63, 3.8) is 0 Å². The van der Waals surface area contributed by atoms with E-state index >= 15 is 0 Å². The monoisotopic (exact) mass is 373 g/mol. The number of rotatable bonds is 5. The molecule has 1 N–H and O–H groups in total. The van der Waals surface area contributed by atoms with Crippen LogP contribution in [0.15, 0.2) is 60.9 Å². The van der Waals surface area contributed by atoms with E-state index in [1.54, 1.807) is 0 Å². The SMILES string of the molecule is O=C(c1c[nH]c2ccccc12)c1cn(CCN2CCOCC2)c2ccccc12. The van der Waals surface area contributed by atoms with Crippen molar-refractivity contribution in [3.05, 3.63) is 72.1 Å². The highest BCUT2D eigenvalue weighted by Gasteiger charge is 2.20. The van der Waals surface area contributed by atoms with Crippen LogP contribution in [0.3, 0.4) is 0 Å². The molecule has 0 amide bonds. The lowest BCUT2D eigenvalue weighted by Gasteiger charge is -2.26. The molecule has 1 fully saturated rings. The van der Waals surface area contributed by atoms with Crippen LogP contribution < -0.4 is 0 Å². The number of ether oxygens (including phenoxy) is 1. The van der Waals surface area contributed by atoms with Crippen molar-refractivity contribution in [2.75, 3.05) is 32.8 Å². The second kappa shape index (κ2) is 7.26. The number of para-hydroxylation sites is 2. The normalized spacial score (nSPS) is 15.4. The molecule has 2 aromatic carbocycles. The van der Waals surface area contributed by atoms with E-state index in [9.17, 15) is 4.79 Å². The van der Waals surface area contributed by atoms with E-state index in [1.165, 1.54) is 0 Å². The Bertz CT molecular complexity index is 1140. The van der Waals surface area contributed by atoms with Gasteiger partial charge in [-0.05, 0) is 12.1 Å². The van der Waals surface area contributed by atoms with Crippen molar-refractivity contribution in [2.45, 2.75) is 6.54 Å². The Labute approximate surface area is 163 Å². The molecule has 0 bridgehead atoms. The molecule has 1 saturated heterocycles. The standard InChI is InChI=1S/C23H23N3O2/c27-23(19-15-24-21-7-3-1-5-17(19)21)20-16-26(22-8-4-2-6-18(20)22)10-9-25-11-13-28-14-12-25/h1-8,15-16,24H,9-14H2. The van der Waals surface area contributed by atoms with Crippen LogP contribution in [0.25, 0.3) is 21.8 Å². The van der Waals surface area contributed by atoms with E-state index in [0.29, 0.717) is 0 Å². The van der Waals surface area contributed by atoms with Gasteiger partial charge < -0.3 is 14.3 Å². The second-order valence-corrected chi connectivity index (χ2v) is 7.28. The van der Waals surface area contributed by atoms with Crippen molar-refractivity contribution < 1.29 is 9.53 Å². The number of hydrogen-bond donors (Lipinski definition) is 1. The molecule has 5 nitrogen and oxygen atoms in total. The van der Waals surface area contributed by atoms with Crippen molar-refractivity contribution in [1.29, 1.82) is 0 Å². The van der Waals surface area contributed by atoms with Gasteiger partial charge in [-0.25, -0.2) is 0 Å². The number of aromatic nitrogens is 2. The van der Waals surface area contributed by atoms with Gasteiger partial charge in [0.05, 0.1) is 13.2 Å². The molecule has 142 valence electrons. The molecule has 2 aromatic heterocycles. The Hall–Kier alpha value is -2.89. The number of ketones is 1. The molecule has 0 radical (unpaired) electrons. The summed E-state index contributed by atoms with van der Waals surface area (Å²) in [4.78, 5) is 19.0. The lowest BCUT2D eigenvalue weighted by molar-refractivity contribution is 0.0365. The van der Waals surface area contributed by atoms with E-state index < -0.39 is 0 Å². The molecule has 5 heteroatoms. The molecule has 0 aliphatic carbocycles. The summed E-state index contributed by atoms with van der Waals surface area (Å²) in [7, 11) is 0. The summed E-state index contributed by atoms with van der Waals surface area (Å²) in [6, 6.07) is 16.1. The third-order valence-corrected chi connectivity index (χ3v) is 5.63. The molecule has 28 heavy (non-hydrogen) atoms. The Balaban J connectivity index is 1.50. The van der Waals surface area contributed by atoms with Gasteiger partial charge in [0, 0.05) is 71.5 Å². The van der Waals surface area contributed by atoms with Crippen LogP contribution in [0.1, 0.15) is 15.9 Å². The highest BCUT2D eigenvalue weighted by Crippen LogP contribution is 2.27. The minimum absolute atomic E-state index is 0.0683. The van der Waals surface area contributed by atoms with Gasteiger partial charge in [-0.15, -0.1) is 0 Å². The van der Waals surface area contributed by atoms with Crippen LogP contribution in [0.4, 0.5) is 0 Å². The molecule has 0 saturated carbocycles. The van der Waals surface area contributed by atoms with E-state index in [1.807, 2.05) is 54.9 Å². The first-order valence-electron chi connectivity index (χ1n) is 9.80. The number of hydrogen-bond acceptors (Lipinski definition) is 3. The van der Waals surface area contributed by atoms with Gasteiger partial charge in [0.2, 0.25) is 0 Å². The quantitative estimate of drug-likeness (QED) is 0.543. The Morgan fingerprint density at radius 2 is 1.68 bits per heavy atom. The van der Waals surface area contributed by atoms with Crippen molar-refractivity contribution >= 4 is 27.6 Å². The molecule has 0 spiro atoms. The molecular weight excluding hydrogens is 350 g/mol. The molecular formula is C23H23N3O2. The third kappa shape index (κ3) is 3.03. The van der Waals surface area contributed by atoms with Crippen LogP contribution in [0, 0.1) is 0 Å². The van der Waals surface area contributed by atoms with Crippen molar-refractivity contribution in [1.82, 2.24) is 14.5 Å². The van der Waals surface area contributed by atoms with Crippen LogP contribution in [-0.2, 0) is 11.3 Å². The van der Waals surface area contributed by atoms with Gasteiger partial charge in [-0.3, -0.25) is 9.69 Å². The van der Waals surface area contributed by atoms with Gasteiger partial charge in [-0.1, -0.05) is 36.4 Å². The molecule has 0 unspecified atom stereocenters. The van der Waals surface area contributed by atoms with Crippen LogP contribution in [0.2, 0.25) is 0 Å². The predicted octanol–water partition coefficient (Wildman–Crippen LogP) is 3.69. The average molecular weight is 373 g/mol. The maximum atomic E-state index is 13.4. The topological polar surface area (TPSA) is 50.3 Å². The van der Waals surface area contributed by atoms with E-state index in [4.69, 9.17) is 4.74 Å². The predicted molar refractivity (Wildman–Crippen MR) is 111 cm³/mol. The highest BCUT2D eigenvalue weighted by atomic mass is 16.5. The summed E-state index contributed by atoms with van der Waals surface area (Å²) in [5.41, 5.74) is 3.59. The van der Waals surface area contributed by atoms with E-state index in [0.717, 1.165) is 72.3 Å². The largest absolute Gasteiger partial charge is 0.379 e. The lowest BCUT2D eigenvalue weighted by Crippen LogP contribution is -2.38. The fourth-order valence-corrected chi connectivity index (χ4v) is 4.09. The first-order chi connectivity index (χ1) is 13.8. The van der Waals surface area contributed by atoms with Gasteiger partial charge in [0.15, 0.2) is 5.78 Å². The van der Waals surface area contributed by atoms with Gasteiger partial charge in [0.1, 0.15) is 0 Å². The Morgan fingerprint density at radius 1 is 0.929 bits per heavy atom. The van der Waals surface area contributed by atoms with Gasteiger partial charge >= 0.3 is 0 Å². The number of aromatic amines is 1. The number of fused-ring (bicyclic) bond motifs is 2. The van der Waals surface area contributed by atoms with Crippen LogP contribution >= 0.6 is 0 Å². The van der Waals surface area contributed by atoms with Crippen molar-refractivity contribution in [3.8, 4) is 0 Å². The number of nitrogens with one attached hydrogen (secondary N) is 1. The number of benzene rings is 2. The summed E-state index contributed by atoms with van der Waals surface area (Å²) in [5.74, 6) is 0.0683. The lowest BCUT2D eigenvalue weighted by atomic mass is 10.0. The fraction of sp³-hybridized carbons (Fsp3) is 0.261. The zero-order chi connectivity index (χ0) is 18.9. The van der Waals surface area contributed by atoms with Crippen molar-refractivity contribution in [2.24, 2.45) is 0 Å². The minimum Gasteiger partial charge on any atom is -0.379 e. The molecule has 1 aliphatic rings. The average Bonchev–Trinajstić information content (AvgIpc) is 3.35. The number of carbonyl (C=O) groups excluding carboxylic acids is 1. The molecule has 0 atom stereocenters. The summed E-state index contributed by atoms with van der Waals surface area (Å²) in [5, 5.41) is 1.98. The molecule has 3 heterocycles. The number of H-pyrrole nitrogens is 1. The van der Waals surface area contributed by atoms with Crippen LogP contribution in [-0.4, -0.2) is 53.1 Å². The maximum absolute atomic E-state index is 13.4. The first kappa shape index (κ1) is 17.2. The molecule has 1 aliphatic heterocycles. The second-order valence-electron chi connectivity index (χ2n) is 7.28. The Morgan fingerprint density at radius 3 is 2.54 bits per heavy atom. The summed E-state index contributed by atoms with van der Waals surface area (Å²) in [6.07, 6.45) is 3.85. The number of carbonyl (C=O) groups is 1. The summed E-state index contributed by atoms with van der Waals surface area (Å²) >= 11 is 0. The fourth-order valence-electron chi connectivity index (χ4n) is 4.09. The number of morpholine rings is 1. The van der Waals surface area contributed by atoms with E-state index in [2.05, 4.69) is 20.5 Å². The van der Waals surface area contributed by atoms with Gasteiger partial charge in [-0.2, -0.15) is 0 Å². The smallest absolute Gasteiger partial charge is 0.197 e. The molecule has 5 rings (SSSR count). The highest BCUT2D eigenvalue weighted by molar-refractivity contribution is 6.21. The minimum atomic E-state index is 0.0683. The van der Waals surface area contributed by atoms with Crippen LogP contribution in [0.5, 0.6) is 0 Å². The first-order valence-corrected chi connectivity index (χ1v) is 9.80.